The average Bonchev–Trinajstić information content (AvgIpc) is 3.05. The Morgan fingerprint density at radius 1 is 1.24 bits per heavy atom. The second kappa shape index (κ2) is 7.37. The molecule has 0 radical (unpaired) electrons. The molecule has 1 saturated heterocycles. The van der Waals surface area contributed by atoms with Crippen LogP contribution in [0.5, 0.6) is 5.88 Å². The van der Waals surface area contributed by atoms with Crippen molar-refractivity contribution < 1.29 is 13.2 Å². The van der Waals surface area contributed by atoms with Crippen molar-refractivity contribution in [2.45, 2.75) is 18.3 Å². The number of nitrogens with zero attached hydrogens (tertiary/aromatic N) is 4. The maximum atomic E-state index is 12.6. The standard InChI is InChI=1S/C17H22N4O3S/c1-20(2)16-10-17(19-13-18-16)24-15-8-9-21(11-15)25(22,23)12-14-6-4-3-5-7-14/h3-7,10,13,15H,8-9,11-12H2,1-2H3. The molecular formula is C17H22N4O3S. The molecule has 25 heavy (non-hydrogen) atoms. The van der Waals surface area contributed by atoms with Crippen LogP contribution >= 0.6 is 0 Å². The van der Waals surface area contributed by atoms with Gasteiger partial charge in [-0.25, -0.2) is 18.4 Å². The maximum Gasteiger partial charge on any atom is 0.218 e. The molecule has 0 aliphatic carbocycles. The lowest BCUT2D eigenvalue weighted by atomic mass is 10.2. The minimum absolute atomic E-state index is 0.0127. The van der Waals surface area contributed by atoms with Gasteiger partial charge < -0.3 is 9.64 Å². The summed E-state index contributed by atoms with van der Waals surface area (Å²) in [4.78, 5) is 10.1. The third-order valence-corrected chi connectivity index (χ3v) is 5.88. The second-order valence-electron chi connectivity index (χ2n) is 6.24. The topological polar surface area (TPSA) is 75.6 Å². The molecule has 0 saturated carbocycles. The molecule has 1 fully saturated rings. The van der Waals surface area contributed by atoms with Gasteiger partial charge in [0.25, 0.3) is 0 Å². The Hall–Kier alpha value is -2.19. The average molecular weight is 362 g/mol. The Morgan fingerprint density at radius 2 is 2.00 bits per heavy atom. The molecule has 0 bridgehead atoms. The van der Waals surface area contributed by atoms with Gasteiger partial charge in [-0.3, -0.25) is 0 Å². The van der Waals surface area contributed by atoms with Crippen LogP contribution < -0.4 is 9.64 Å². The summed E-state index contributed by atoms with van der Waals surface area (Å²) >= 11 is 0. The van der Waals surface area contributed by atoms with E-state index in [-0.39, 0.29) is 11.9 Å². The van der Waals surface area contributed by atoms with E-state index < -0.39 is 10.0 Å². The maximum absolute atomic E-state index is 12.6. The highest BCUT2D eigenvalue weighted by atomic mass is 32.2. The highest BCUT2D eigenvalue weighted by Crippen LogP contribution is 2.22. The summed E-state index contributed by atoms with van der Waals surface area (Å²) in [7, 11) is 0.429. The monoisotopic (exact) mass is 362 g/mol. The summed E-state index contributed by atoms with van der Waals surface area (Å²) in [6.45, 7) is 0.807. The lowest BCUT2D eigenvalue weighted by molar-refractivity contribution is 0.206. The van der Waals surface area contributed by atoms with Gasteiger partial charge in [0, 0.05) is 26.7 Å². The van der Waals surface area contributed by atoms with Crippen LogP contribution in [0.1, 0.15) is 12.0 Å². The summed E-state index contributed by atoms with van der Waals surface area (Å²) < 4.78 is 32.5. The first kappa shape index (κ1) is 17.6. The van der Waals surface area contributed by atoms with Gasteiger partial charge in [0.2, 0.25) is 15.9 Å². The third kappa shape index (κ3) is 4.46. The van der Waals surface area contributed by atoms with Gasteiger partial charge in [0.05, 0.1) is 12.3 Å². The van der Waals surface area contributed by atoms with E-state index in [9.17, 15) is 8.42 Å². The number of anilines is 1. The summed E-state index contributed by atoms with van der Waals surface area (Å²) in [6.07, 6.45) is 1.90. The largest absolute Gasteiger partial charge is 0.473 e. The molecule has 2 aromatic rings. The fourth-order valence-corrected chi connectivity index (χ4v) is 4.31. The molecule has 1 aliphatic heterocycles. The van der Waals surface area contributed by atoms with Gasteiger partial charge in [-0.1, -0.05) is 30.3 Å². The lowest BCUT2D eigenvalue weighted by Gasteiger charge is -2.17. The van der Waals surface area contributed by atoms with Gasteiger partial charge in [-0.2, -0.15) is 4.31 Å². The zero-order valence-electron chi connectivity index (χ0n) is 14.4. The molecule has 0 spiro atoms. The zero-order valence-corrected chi connectivity index (χ0v) is 15.2. The quantitative estimate of drug-likeness (QED) is 0.776. The fraction of sp³-hybridized carbons (Fsp3) is 0.412. The van der Waals surface area contributed by atoms with Gasteiger partial charge in [-0.15, -0.1) is 0 Å². The Balaban J connectivity index is 1.62. The molecule has 1 aliphatic rings. The number of aromatic nitrogens is 2. The number of ether oxygens (including phenoxy) is 1. The number of hydrogen-bond donors (Lipinski definition) is 0. The van der Waals surface area contributed by atoms with Gasteiger partial charge >= 0.3 is 0 Å². The minimum atomic E-state index is -3.35. The van der Waals surface area contributed by atoms with E-state index in [1.54, 1.807) is 6.07 Å². The predicted octanol–water partition coefficient (Wildman–Crippen LogP) is 1.53. The number of hydrogen-bond acceptors (Lipinski definition) is 6. The molecule has 2 heterocycles. The molecule has 134 valence electrons. The van der Waals surface area contributed by atoms with Crippen LogP contribution in [0, 0.1) is 0 Å². The smallest absolute Gasteiger partial charge is 0.218 e. The van der Waals surface area contributed by atoms with Crippen molar-refractivity contribution >= 4 is 15.8 Å². The van der Waals surface area contributed by atoms with Crippen LogP contribution in [-0.4, -0.2) is 56.0 Å². The van der Waals surface area contributed by atoms with Gasteiger partial charge in [0.1, 0.15) is 18.2 Å². The molecule has 1 aromatic carbocycles. The first-order valence-corrected chi connectivity index (χ1v) is 9.73. The van der Waals surface area contributed by atoms with E-state index in [2.05, 4.69) is 9.97 Å². The van der Waals surface area contributed by atoms with E-state index >= 15 is 0 Å². The molecular weight excluding hydrogens is 340 g/mol. The Bertz CT molecular complexity index is 812. The van der Waals surface area contributed by atoms with Gasteiger partial charge in [-0.05, 0) is 12.0 Å². The van der Waals surface area contributed by atoms with Crippen LogP contribution in [0.2, 0.25) is 0 Å². The third-order valence-electron chi connectivity index (χ3n) is 4.07. The normalized spacial score (nSPS) is 18.2. The highest BCUT2D eigenvalue weighted by Gasteiger charge is 2.32. The fourth-order valence-electron chi connectivity index (χ4n) is 2.73. The number of benzene rings is 1. The summed E-state index contributed by atoms with van der Waals surface area (Å²) in [5.41, 5.74) is 0.790. The zero-order chi connectivity index (χ0) is 17.9. The predicted molar refractivity (Wildman–Crippen MR) is 96.0 cm³/mol. The van der Waals surface area contributed by atoms with Crippen LogP contribution in [0.25, 0.3) is 0 Å². The number of rotatable bonds is 6. The summed E-state index contributed by atoms with van der Waals surface area (Å²) in [5.74, 6) is 1.22. The molecule has 0 amide bonds. The lowest BCUT2D eigenvalue weighted by Crippen LogP contribution is -2.32. The van der Waals surface area contributed by atoms with Crippen molar-refractivity contribution in [1.29, 1.82) is 0 Å². The van der Waals surface area contributed by atoms with Gasteiger partial charge in [0.15, 0.2) is 0 Å². The van der Waals surface area contributed by atoms with Crippen molar-refractivity contribution in [3.63, 3.8) is 0 Å². The molecule has 7 nitrogen and oxygen atoms in total. The van der Waals surface area contributed by atoms with Crippen LogP contribution in [-0.2, 0) is 15.8 Å². The molecule has 3 rings (SSSR count). The van der Waals surface area contributed by atoms with E-state index in [0.717, 1.165) is 11.4 Å². The molecule has 1 atom stereocenters. The molecule has 0 N–H and O–H groups in total. The van der Waals surface area contributed by atoms with E-state index in [1.165, 1.54) is 10.6 Å². The second-order valence-corrected chi connectivity index (χ2v) is 8.21. The van der Waals surface area contributed by atoms with E-state index in [1.807, 2.05) is 49.3 Å². The first-order valence-electron chi connectivity index (χ1n) is 8.12. The molecule has 1 aromatic heterocycles. The molecule has 1 unspecified atom stereocenters. The van der Waals surface area contributed by atoms with E-state index in [0.29, 0.717) is 25.4 Å². The SMILES string of the molecule is CN(C)c1cc(OC2CCN(S(=O)(=O)Cc3ccccc3)C2)ncn1. The van der Waals surface area contributed by atoms with Crippen LogP contribution in [0.4, 0.5) is 5.82 Å². The summed E-state index contributed by atoms with van der Waals surface area (Å²) in [5, 5.41) is 0. The first-order chi connectivity index (χ1) is 11.9. The Labute approximate surface area is 148 Å². The van der Waals surface area contributed by atoms with Crippen molar-refractivity contribution in [1.82, 2.24) is 14.3 Å². The summed E-state index contributed by atoms with van der Waals surface area (Å²) in [6, 6.07) is 11.0. The molecule has 8 heteroatoms. The van der Waals surface area contributed by atoms with Crippen molar-refractivity contribution in [3.8, 4) is 5.88 Å². The van der Waals surface area contributed by atoms with E-state index in [4.69, 9.17) is 4.74 Å². The number of sulfonamides is 1. The highest BCUT2D eigenvalue weighted by molar-refractivity contribution is 7.88. The van der Waals surface area contributed by atoms with Crippen molar-refractivity contribution in [2.24, 2.45) is 0 Å². The van der Waals surface area contributed by atoms with Crippen LogP contribution in [0.15, 0.2) is 42.7 Å². The minimum Gasteiger partial charge on any atom is -0.473 e. The van der Waals surface area contributed by atoms with Crippen molar-refractivity contribution in [3.05, 3.63) is 48.3 Å². The van der Waals surface area contributed by atoms with Crippen LogP contribution in [0.3, 0.4) is 0 Å². The Kier molecular flexibility index (Phi) is 5.19. The Morgan fingerprint density at radius 3 is 2.72 bits per heavy atom. The van der Waals surface area contributed by atoms with Crippen molar-refractivity contribution in [2.75, 3.05) is 32.1 Å².